The second-order valence-corrected chi connectivity index (χ2v) is 8.66. The van der Waals surface area contributed by atoms with E-state index in [1.165, 1.54) is 0 Å². The third kappa shape index (κ3) is 6.29. The van der Waals surface area contributed by atoms with E-state index in [2.05, 4.69) is 42.8 Å². The smallest absolute Gasteiger partial charge is 0.260 e. The molecule has 0 radical (unpaired) electrons. The maximum atomic E-state index is 12.5. The summed E-state index contributed by atoms with van der Waals surface area (Å²) in [7, 11) is 1.81. The van der Waals surface area contributed by atoms with Gasteiger partial charge in [-0.05, 0) is 31.0 Å². The zero-order valence-electron chi connectivity index (χ0n) is 19.5. The highest BCUT2D eigenvalue weighted by Crippen LogP contribution is 2.18. The van der Waals surface area contributed by atoms with Crippen molar-refractivity contribution in [2.75, 3.05) is 56.2 Å². The molecule has 10 heteroatoms. The predicted octanol–water partition coefficient (Wildman–Crippen LogP) is 1.07. The van der Waals surface area contributed by atoms with Crippen LogP contribution < -0.4 is 25.4 Å². The fourth-order valence-corrected chi connectivity index (χ4v) is 4.30. The maximum Gasteiger partial charge on any atom is 0.260 e. The molecule has 2 aliphatic heterocycles. The second kappa shape index (κ2) is 11.2. The summed E-state index contributed by atoms with van der Waals surface area (Å²) in [6.07, 6.45) is 5.13. The summed E-state index contributed by atoms with van der Waals surface area (Å²) < 4.78 is 5.59. The summed E-state index contributed by atoms with van der Waals surface area (Å²) in [6.45, 7) is 6.22. The van der Waals surface area contributed by atoms with Gasteiger partial charge in [-0.15, -0.1) is 10.2 Å². The Morgan fingerprint density at radius 3 is 2.48 bits per heavy atom. The third-order valence-electron chi connectivity index (χ3n) is 6.16. The molecule has 2 saturated heterocycles. The molecule has 10 nitrogen and oxygen atoms in total. The number of amides is 1. The lowest BCUT2D eigenvalue weighted by Crippen LogP contribution is -2.47. The van der Waals surface area contributed by atoms with E-state index in [-0.39, 0.29) is 18.6 Å². The van der Waals surface area contributed by atoms with Crippen LogP contribution in [0.1, 0.15) is 26.2 Å². The standard InChI is InChI=1S/C23H34N8O2/c1-3-6-18-15-19(26-25-18)16-29(2)23(32)17-33-22-9-8-21(27-28-22)31-13-11-30(12-14-31)20-7-4-5-10-24-20/h4-5,7-10,18-19,25-26H,3,6,11-17H2,1-2H3. The van der Waals surface area contributed by atoms with Crippen molar-refractivity contribution < 1.29 is 9.53 Å². The molecule has 2 aromatic heterocycles. The molecular formula is C23H34N8O2. The van der Waals surface area contributed by atoms with Gasteiger partial charge >= 0.3 is 0 Å². The van der Waals surface area contributed by atoms with Gasteiger partial charge < -0.3 is 19.4 Å². The number of carbonyl (C=O) groups is 1. The van der Waals surface area contributed by atoms with Crippen LogP contribution in [0.2, 0.25) is 0 Å². The van der Waals surface area contributed by atoms with Gasteiger partial charge in [0, 0.05) is 64.1 Å². The van der Waals surface area contributed by atoms with Gasteiger partial charge in [0.25, 0.3) is 5.91 Å². The van der Waals surface area contributed by atoms with Gasteiger partial charge in [-0.1, -0.05) is 19.4 Å². The molecule has 0 bridgehead atoms. The number of aromatic nitrogens is 3. The highest BCUT2D eigenvalue weighted by molar-refractivity contribution is 5.77. The summed E-state index contributed by atoms with van der Waals surface area (Å²) in [4.78, 5) is 23.1. The van der Waals surface area contributed by atoms with Crippen molar-refractivity contribution in [2.24, 2.45) is 0 Å². The van der Waals surface area contributed by atoms with E-state index in [4.69, 9.17) is 4.74 Å². The fraction of sp³-hybridized carbons (Fsp3) is 0.565. The number of likely N-dealkylation sites (N-methyl/N-ethyl adjacent to an activating group) is 1. The van der Waals surface area contributed by atoms with E-state index in [1.807, 2.05) is 30.5 Å². The Kier molecular flexibility index (Phi) is 7.90. The second-order valence-electron chi connectivity index (χ2n) is 8.66. The summed E-state index contributed by atoms with van der Waals surface area (Å²) in [5.41, 5.74) is 6.59. The lowest BCUT2D eigenvalue weighted by Gasteiger charge is -2.35. The lowest BCUT2D eigenvalue weighted by molar-refractivity contribution is -0.132. The largest absolute Gasteiger partial charge is 0.466 e. The first-order chi connectivity index (χ1) is 16.1. The molecule has 0 saturated carbocycles. The molecule has 2 unspecified atom stereocenters. The molecule has 2 N–H and O–H groups in total. The molecule has 178 valence electrons. The third-order valence-corrected chi connectivity index (χ3v) is 6.16. The van der Waals surface area contributed by atoms with Crippen LogP contribution in [-0.2, 0) is 4.79 Å². The van der Waals surface area contributed by atoms with Crippen LogP contribution in [-0.4, -0.2) is 84.5 Å². The Labute approximate surface area is 195 Å². The molecule has 2 aliphatic rings. The van der Waals surface area contributed by atoms with Crippen molar-refractivity contribution in [3.05, 3.63) is 36.5 Å². The van der Waals surface area contributed by atoms with E-state index in [0.29, 0.717) is 18.5 Å². The SMILES string of the molecule is CCCC1CC(CN(C)C(=O)COc2ccc(N3CCN(c4ccccn4)CC3)nn2)NN1. The van der Waals surface area contributed by atoms with Crippen LogP contribution in [0.15, 0.2) is 36.5 Å². The number of rotatable bonds is 9. The number of pyridine rings is 1. The van der Waals surface area contributed by atoms with Gasteiger partial charge in [-0.2, -0.15) is 0 Å². The molecule has 4 heterocycles. The van der Waals surface area contributed by atoms with Crippen LogP contribution >= 0.6 is 0 Å². The summed E-state index contributed by atoms with van der Waals surface area (Å²) in [6, 6.07) is 10.4. The van der Waals surface area contributed by atoms with Crippen LogP contribution in [0, 0.1) is 0 Å². The zero-order valence-corrected chi connectivity index (χ0v) is 19.5. The summed E-state index contributed by atoms with van der Waals surface area (Å²) in [5, 5.41) is 8.47. The maximum absolute atomic E-state index is 12.5. The van der Waals surface area contributed by atoms with Gasteiger partial charge in [0.2, 0.25) is 5.88 Å². The van der Waals surface area contributed by atoms with Gasteiger partial charge in [-0.25, -0.2) is 4.98 Å². The number of ether oxygens (including phenoxy) is 1. The van der Waals surface area contributed by atoms with Crippen LogP contribution in [0.4, 0.5) is 11.6 Å². The lowest BCUT2D eigenvalue weighted by atomic mass is 10.1. The number of piperazine rings is 1. The summed E-state index contributed by atoms with van der Waals surface area (Å²) >= 11 is 0. The average molecular weight is 455 g/mol. The minimum Gasteiger partial charge on any atom is -0.466 e. The van der Waals surface area contributed by atoms with Crippen molar-refractivity contribution in [3.8, 4) is 5.88 Å². The van der Waals surface area contributed by atoms with Crippen molar-refractivity contribution in [1.82, 2.24) is 30.9 Å². The first kappa shape index (κ1) is 23.2. The number of hydrazine groups is 1. The van der Waals surface area contributed by atoms with Gasteiger partial charge in [0.05, 0.1) is 0 Å². The van der Waals surface area contributed by atoms with Crippen LogP contribution in [0.3, 0.4) is 0 Å². The molecule has 1 amide bonds. The molecule has 4 rings (SSSR count). The molecule has 0 spiro atoms. The molecular weight excluding hydrogens is 420 g/mol. The number of nitrogens with one attached hydrogen (secondary N) is 2. The molecule has 2 fully saturated rings. The van der Waals surface area contributed by atoms with Crippen molar-refractivity contribution in [3.63, 3.8) is 0 Å². The zero-order chi connectivity index (χ0) is 23.0. The van der Waals surface area contributed by atoms with E-state index >= 15 is 0 Å². The quantitative estimate of drug-likeness (QED) is 0.576. The minimum atomic E-state index is -0.0766. The monoisotopic (exact) mass is 454 g/mol. The Bertz CT molecular complexity index is 874. The molecule has 0 aliphatic carbocycles. The molecule has 2 aromatic rings. The van der Waals surface area contributed by atoms with Crippen molar-refractivity contribution >= 4 is 17.5 Å². The summed E-state index contributed by atoms with van der Waals surface area (Å²) in [5.74, 6) is 2.10. The highest BCUT2D eigenvalue weighted by Gasteiger charge is 2.25. The van der Waals surface area contributed by atoms with Crippen LogP contribution in [0.25, 0.3) is 0 Å². The first-order valence-electron chi connectivity index (χ1n) is 11.7. The molecule has 2 atom stereocenters. The molecule has 0 aromatic carbocycles. The minimum absolute atomic E-state index is 0.0498. The normalized spacial score (nSPS) is 20.7. The Balaban J connectivity index is 1.19. The van der Waals surface area contributed by atoms with E-state index in [9.17, 15) is 4.79 Å². The number of nitrogens with zero attached hydrogens (tertiary/aromatic N) is 6. The first-order valence-corrected chi connectivity index (χ1v) is 11.7. The Morgan fingerprint density at radius 1 is 1.06 bits per heavy atom. The van der Waals surface area contributed by atoms with E-state index in [1.54, 1.807) is 18.0 Å². The van der Waals surface area contributed by atoms with E-state index < -0.39 is 0 Å². The fourth-order valence-electron chi connectivity index (χ4n) is 4.30. The van der Waals surface area contributed by atoms with Crippen molar-refractivity contribution in [1.29, 1.82) is 0 Å². The predicted molar refractivity (Wildman–Crippen MR) is 127 cm³/mol. The topological polar surface area (TPSA) is 98.8 Å². The van der Waals surface area contributed by atoms with E-state index in [0.717, 1.165) is 57.1 Å². The average Bonchev–Trinajstić information content (AvgIpc) is 3.30. The Morgan fingerprint density at radius 2 is 1.82 bits per heavy atom. The highest BCUT2D eigenvalue weighted by atomic mass is 16.5. The van der Waals surface area contributed by atoms with Crippen molar-refractivity contribution in [2.45, 2.75) is 38.3 Å². The molecule has 33 heavy (non-hydrogen) atoms. The van der Waals surface area contributed by atoms with Gasteiger partial charge in [0.15, 0.2) is 12.4 Å². The number of anilines is 2. The number of hydrogen-bond donors (Lipinski definition) is 2. The van der Waals surface area contributed by atoms with Gasteiger partial charge in [0.1, 0.15) is 5.82 Å². The van der Waals surface area contributed by atoms with Crippen LogP contribution in [0.5, 0.6) is 5.88 Å². The van der Waals surface area contributed by atoms with Gasteiger partial charge in [-0.3, -0.25) is 15.6 Å². The number of hydrogen-bond acceptors (Lipinski definition) is 9. The Hall–Kier alpha value is -2.98. The number of carbonyl (C=O) groups excluding carboxylic acids is 1.